The van der Waals surface area contributed by atoms with Crippen LogP contribution >= 0.6 is 23.5 Å². The highest BCUT2D eigenvalue weighted by molar-refractivity contribution is 7.99. The molecule has 0 saturated carbocycles. The Balaban J connectivity index is 1.69. The van der Waals surface area contributed by atoms with Crippen molar-refractivity contribution in [1.82, 2.24) is 9.55 Å². The van der Waals surface area contributed by atoms with Crippen molar-refractivity contribution in [3.05, 3.63) is 75.7 Å². The zero-order chi connectivity index (χ0) is 21.3. The van der Waals surface area contributed by atoms with E-state index in [1.165, 1.54) is 52.4 Å². The number of benzene rings is 2. The Bertz CT molecular complexity index is 1110. The van der Waals surface area contributed by atoms with Gasteiger partial charge in [-0.2, -0.15) is 0 Å². The number of alkyl halides is 3. The number of rotatable bonds is 5. The number of hydrogen-bond donors (Lipinski definition) is 0. The molecule has 9 heteroatoms. The van der Waals surface area contributed by atoms with Gasteiger partial charge in [0.05, 0.1) is 16.3 Å². The second-order valence-corrected chi connectivity index (χ2v) is 8.77. The standard InChI is InChI=1S/C21H17F3N2O2S2/c1-13-2-4-14(5-3-13)12-30-20-25-17-10-11-29-18(17)19(27)26(20)15-6-8-16(9-7-15)28-21(22,23)24/h2-9H,10-12H2,1H3. The highest BCUT2D eigenvalue weighted by Gasteiger charge is 2.31. The Morgan fingerprint density at radius 3 is 2.50 bits per heavy atom. The van der Waals surface area contributed by atoms with Crippen molar-refractivity contribution in [2.75, 3.05) is 5.75 Å². The molecule has 2 heterocycles. The van der Waals surface area contributed by atoms with E-state index in [4.69, 9.17) is 4.98 Å². The number of thioether (sulfide) groups is 2. The van der Waals surface area contributed by atoms with Gasteiger partial charge in [0.2, 0.25) is 0 Å². The maximum Gasteiger partial charge on any atom is 0.573 e. The molecular weight excluding hydrogens is 433 g/mol. The van der Waals surface area contributed by atoms with Crippen LogP contribution in [0.1, 0.15) is 16.8 Å². The van der Waals surface area contributed by atoms with Crippen molar-refractivity contribution in [3.63, 3.8) is 0 Å². The Morgan fingerprint density at radius 2 is 1.83 bits per heavy atom. The minimum atomic E-state index is -4.76. The van der Waals surface area contributed by atoms with Gasteiger partial charge in [0.15, 0.2) is 5.16 Å². The van der Waals surface area contributed by atoms with E-state index >= 15 is 0 Å². The summed E-state index contributed by atoms with van der Waals surface area (Å²) in [4.78, 5) is 18.4. The van der Waals surface area contributed by atoms with Crippen LogP contribution in [-0.2, 0) is 12.2 Å². The first-order chi connectivity index (χ1) is 14.3. The number of ether oxygens (including phenoxy) is 1. The molecule has 156 valence electrons. The third-order valence-corrected chi connectivity index (χ3v) is 6.60. The summed E-state index contributed by atoms with van der Waals surface area (Å²) in [5.41, 5.74) is 3.29. The first-order valence-corrected chi connectivity index (χ1v) is 11.1. The Kier molecular flexibility index (Phi) is 5.84. The summed E-state index contributed by atoms with van der Waals surface area (Å²) < 4.78 is 42.7. The third-order valence-electron chi connectivity index (χ3n) is 4.48. The summed E-state index contributed by atoms with van der Waals surface area (Å²) in [6.07, 6.45) is -4.04. The van der Waals surface area contributed by atoms with E-state index in [-0.39, 0.29) is 11.3 Å². The fourth-order valence-electron chi connectivity index (χ4n) is 3.05. The summed E-state index contributed by atoms with van der Waals surface area (Å²) in [7, 11) is 0. The number of fused-ring (bicyclic) bond motifs is 1. The van der Waals surface area contributed by atoms with Crippen molar-refractivity contribution in [2.45, 2.75) is 35.5 Å². The molecule has 0 unspecified atom stereocenters. The quantitative estimate of drug-likeness (QED) is 0.386. The van der Waals surface area contributed by atoms with Crippen molar-refractivity contribution < 1.29 is 17.9 Å². The van der Waals surface area contributed by atoms with Crippen molar-refractivity contribution in [1.29, 1.82) is 0 Å². The summed E-state index contributed by atoms with van der Waals surface area (Å²) in [6.45, 7) is 2.01. The molecule has 2 aromatic carbocycles. The summed E-state index contributed by atoms with van der Waals surface area (Å²) in [5, 5.41) is 0.520. The number of aryl methyl sites for hydroxylation is 2. The van der Waals surface area contributed by atoms with Gasteiger partial charge in [0, 0.05) is 17.9 Å². The first-order valence-electron chi connectivity index (χ1n) is 9.13. The lowest BCUT2D eigenvalue weighted by atomic mass is 10.2. The Morgan fingerprint density at radius 1 is 1.13 bits per heavy atom. The molecule has 0 amide bonds. The molecule has 0 fully saturated rings. The molecule has 1 aliphatic heterocycles. The number of halogens is 3. The number of aromatic nitrogens is 2. The van der Waals surface area contributed by atoms with Crippen LogP contribution in [0.3, 0.4) is 0 Å². The van der Waals surface area contributed by atoms with Gasteiger partial charge in [-0.1, -0.05) is 41.6 Å². The average Bonchev–Trinajstić information content (AvgIpc) is 3.16. The molecule has 0 aliphatic carbocycles. The van der Waals surface area contributed by atoms with Crippen molar-refractivity contribution in [3.8, 4) is 11.4 Å². The summed E-state index contributed by atoms with van der Waals surface area (Å²) in [6, 6.07) is 13.4. The molecule has 1 aromatic heterocycles. The first kappa shape index (κ1) is 20.9. The number of hydrogen-bond acceptors (Lipinski definition) is 5. The molecule has 4 nitrogen and oxygen atoms in total. The van der Waals surface area contributed by atoms with Gasteiger partial charge < -0.3 is 4.74 Å². The molecule has 0 bridgehead atoms. The van der Waals surface area contributed by atoms with Gasteiger partial charge >= 0.3 is 6.36 Å². The van der Waals surface area contributed by atoms with E-state index in [0.29, 0.717) is 21.5 Å². The van der Waals surface area contributed by atoms with Gasteiger partial charge in [-0.05, 0) is 36.8 Å². The van der Waals surface area contributed by atoms with Crippen LogP contribution < -0.4 is 10.3 Å². The van der Waals surface area contributed by atoms with Gasteiger partial charge in [0.25, 0.3) is 5.56 Å². The van der Waals surface area contributed by atoms with Crippen LogP contribution in [0.5, 0.6) is 5.75 Å². The zero-order valence-electron chi connectivity index (χ0n) is 15.9. The maximum absolute atomic E-state index is 13.1. The predicted molar refractivity (Wildman–Crippen MR) is 112 cm³/mol. The van der Waals surface area contributed by atoms with Crippen LogP contribution in [-0.4, -0.2) is 21.7 Å². The fraction of sp³-hybridized carbons (Fsp3) is 0.238. The molecular formula is C21H17F3N2O2S2. The highest BCUT2D eigenvalue weighted by atomic mass is 32.2. The Hall–Kier alpha value is -2.39. The van der Waals surface area contributed by atoms with E-state index in [2.05, 4.69) is 4.74 Å². The van der Waals surface area contributed by atoms with Crippen molar-refractivity contribution in [2.24, 2.45) is 0 Å². The smallest absolute Gasteiger partial charge is 0.406 e. The lowest BCUT2D eigenvalue weighted by Crippen LogP contribution is -2.24. The normalized spacial score (nSPS) is 13.3. The van der Waals surface area contributed by atoms with E-state index in [1.54, 1.807) is 0 Å². The van der Waals surface area contributed by atoms with E-state index in [0.717, 1.165) is 29.0 Å². The fourth-order valence-corrected chi connectivity index (χ4v) is 5.05. The van der Waals surface area contributed by atoms with E-state index in [1.807, 2.05) is 31.2 Å². The van der Waals surface area contributed by atoms with Crippen LogP contribution in [0.25, 0.3) is 5.69 Å². The lowest BCUT2D eigenvalue weighted by Gasteiger charge is -2.15. The summed E-state index contributed by atoms with van der Waals surface area (Å²) >= 11 is 2.89. The molecule has 0 spiro atoms. The minimum Gasteiger partial charge on any atom is -0.406 e. The molecule has 0 saturated heterocycles. The van der Waals surface area contributed by atoms with E-state index in [9.17, 15) is 18.0 Å². The van der Waals surface area contributed by atoms with Crippen LogP contribution in [0, 0.1) is 6.92 Å². The summed E-state index contributed by atoms with van der Waals surface area (Å²) in [5.74, 6) is 1.08. The lowest BCUT2D eigenvalue weighted by molar-refractivity contribution is -0.274. The zero-order valence-corrected chi connectivity index (χ0v) is 17.5. The molecule has 4 rings (SSSR count). The molecule has 0 N–H and O–H groups in total. The molecule has 0 atom stereocenters. The van der Waals surface area contributed by atoms with Crippen LogP contribution in [0.2, 0.25) is 0 Å². The molecule has 0 radical (unpaired) electrons. The second-order valence-electron chi connectivity index (χ2n) is 6.73. The molecule has 3 aromatic rings. The largest absolute Gasteiger partial charge is 0.573 e. The van der Waals surface area contributed by atoms with Crippen LogP contribution in [0.15, 0.2) is 63.4 Å². The third kappa shape index (κ3) is 4.67. The van der Waals surface area contributed by atoms with E-state index < -0.39 is 6.36 Å². The van der Waals surface area contributed by atoms with Gasteiger partial charge in [-0.15, -0.1) is 24.9 Å². The van der Waals surface area contributed by atoms with Gasteiger partial charge in [0.1, 0.15) is 5.75 Å². The SMILES string of the molecule is Cc1ccc(CSc2nc3c(c(=O)n2-c2ccc(OC(F)(F)F)cc2)SCC3)cc1. The minimum absolute atomic E-state index is 0.196. The monoisotopic (exact) mass is 450 g/mol. The van der Waals surface area contributed by atoms with Crippen molar-refractivity contribution >= 4 is 23.5 Å². The highest BCUT2D eigenvalue weighted by Crippen LogP contribution is 2.31. The maximum atomic E-state index is 13.1. The molecule has 1 aliphatic rings. The van der Waals surface area contributed by atoms with Crippen LogP contribution in [0.4, 0.5) is 13.2 Å². The van der Waals surface area contributed by atoms with Gasteiger partial charge in [-0.3, -0.25) is 9.36 Å². The number of nitrogens with zero attached hydrogens (tertiary/aromatic N) is 2. The second kappa shape index (κ2) is 8.39. The molecule has 30 heavy (non-hydrogen) atoms. The topological polar surface area (TPSA) is 44.1 Å². The predicted octanol–water partition coefficient (Wildman–Crippen LogP) is 5.38. The van der Waals surface area contributed by atoms with Gasteiger partial charge in [-0.25, -0.2) is 4.98 Å². The average molecular weight is 451 g/mol. The Labute approximate surface area is 179 Å².